The first kappa shape index (κ1) is 14.0. The van der Waals surface area contributed by atoms with E-state index in [-0.39, 0.29) is 0 Å². The van der Waals surface area contributed by atoms with Crippen LogP contribution in [-0.2, 0) is 29.6 Å². The SMILES string of the molecule is COc1ccc(COCc2nn3c(c2Br)CSC3)cc1. The van der Waals surface area contributed by atoms with E-state index in [9.17, 15) is 0 Å². The molecule has 0 atom stereocenters. The Morgan fingerprint density at radius 1 is 1.30 bits per heavy atom. The average molecular weight is 355 g/mol. The predicted molar refractivity (Wildman–Crippen MR) is 82.7 cm³/mol. The maximum Gasteiger partial charge on any atom is 0.118 e. The number of hydrogen-bond donors (Lipinski definition) is 0. The third-order valence-corrected chi connectivity index (χ3v) is 5.00. The second-order valence-electron chi connectivity index (χ2n) is 4.53. The summed E-state index contributed by atoms with van der Waals surface area (Å²) in [5, 5.41) is 4.55. The third kappa shape index (κ3) is 2.87. The fourth-order valence-electron chi connectivity index (χ4n) is 2.08. The van der Waals surface area contributed by atoms with Crippen LogP contribution in [0.1, 0.15) is 17.0 Å². The Balaban J connectivity index is 1.57. The number of hydrogen-bond acceptors (Lipinski definition) is 4. The van der Waals surface area contributed by atoms with Gasteiger partial charge in [-0.3, -0.25) is 4.68 Å². The van der Waals surface area contributed by atoms with Crippen LogP contribution in [-0.4, -0.2) is 16.9 Å². The van der Waals surface area contributed by atoms with Crippen molar-refractivity contribution in [2.24, 2.45) is 0 Å². The number of thioether (sulfide) groups is 1. The first-order valence-corrected chi connectivity index (χ1v) is 8.25. The van der Waals surface area contributed by atoms with Gasteiger partial charge in [0.05, 0.1) is 36.4 Å². The highest BCUT2D eigenvalue weighted by molar-refractivity contribution is 9.10. The quantitative estimate of drug-likeness (QED) is 0.822. The molecule has 0 spiro atoms. The molecule has 2 aromatic rings. The van der Waals surface area contributed by atoms with Crippen molar-refractivity contribution in [2.75, 3.05) is 7.11 Å². The molecule has 0 N–H and O–H groups in total. The summed E-state index contributed by atoms with van der Waals surface area (Å²) < 4.78 is 14.0. The van der Waals surface area contributed by atoms with E-state index < -0.39 is 0 Å². The van der Waals surface area contributed by atoms with Crippen LogP contribution in [0.3, 0.4) is 0 Å². The molecule has 0 saturated heterocycles. The van der Waals surface area contributed by atoms with Crippen LogP contribution < -0.4 is 4.74 Å². The fraction of sp³-hybridized carbons (Fsp3) is 0.357. The zero-order chi connectivity index (χ0) is 13.9. The molecular weight excluding hydrogens is 340 g/mol. The summed E-state index contributed by atoms with van der Waals surface area (Å²) in [7, 11) is 1.67. The van der Waals surface area contributed by atoms with Gasteiger partial charge < -0.3 is 9.47 Å². The highest BCUT2D eigenvalue weighted by atomic mass is 79.9. The highest BCUT2D eigenvalue weighted by Crippen LogP contribution is 2.32. The van der Waals surface area contributed by atoms with E-state index in [1.807, 2.05) is 40.7 Å². The van der Waals surface area contributed by atoms with Crippen LogP contribution in [0, 0.1) is 0 Å². The first-order chi connectivity index (χ1) is 9.78. The topological polar surface area (TPSA) is 36.3 Å². The number of ether oxygens (including phenoxy) is 2. The minimum absolute atomic E-state index is 0.525. The van der Waals surface area contributed by atoms with Crippen molar-refractivity contribution in [3.8, 4) is 5.75 Å². The summed E-state index contributed by atoms with van der Waals surface area (Å²) in [4.78, 5) is 0. The van der Waals surface area contributed by atoms with Crippen LogP contribution in [0.25, 0.3) is 0 Å². The fourth-order valence-corrected chi connectivity index (χ4v) is 3.77. The molecule has 0 saturated carbocycles. The van der Waals surface area contributed by atoms with Crippen molar-refractivity contribution in [3.05, 3.63) is 45.7 Å². The summed E-state index contributed by atoms with van der Waals surface area (Å²) in [6.07, 6.45) is 0. The Hall–Kier alpha value is -0.980. The minimum atomic E-state index is 0.525. The van der Waals surface area contributed by atoms with E-state index in [1.54, 1.807) is 7.11 Å². The van der Waals surface area contributed by atoms with Crippen LogP contribution in [0.4, 0.5) is 0 Å². The Morgan fingerprint density at radius 3 is 2.80 bits per heavy atom. The Morgan fingerprint density at radius 2 is 2.10 bits per heavy atom. The molecule has 0 fully saturated rings. The molecule has 4 nitrogen and oxygen atoms in total. The molecule has 1 aromatic heterocycles. The maximum atomic E-state index is 5.74. The van der Waals surface area contributed by atoms with Gasteiger partial charge in [0.1, 0.15) is 11.4 Å². The van der Waals surface area contributed by atoms with Crippen molar-refractivity contribution in [3.63, 3.8) is 0 Å². The lowest BCUT2D eigenvalue weighted by Gasteiger charge is -2.05. The molecule has 20 heavy (non-hydrogen) atoms. The average Bonchev–Trinajstić information content (AvgIpc) is 3.04. The second-order valence-corrected chi connectivity index (χ2v) is 6.27. The molecule has 3 rings (SSSR count). The molecule has 6 heteroatoms. The molecule has 0 bridgehead atoms. The molecule has 1 aliphatic heterocycles. The van der Waals surface area contributed by atoms with E-state index in [0.29, 0.717) is 13.2 Å². The van der Waals surface area contributed by atoms with Gasteiger partial charge in [0.25, 0.3) is 0 Å². The zero-order valence-electron chi connectivity index (χ0n) is 11.1. The summed E-state index contributed by atoms with van der Waals surface area (Å²) >= 11 is 5.49. The Kier molecular flexibility index (Phi) is 4.33. The number of benzene rings is 1. The monoisotopic (exact) mass is 354 g/mol. The number of aromatic nitrogens is 2. The van der Waals surface area contributed by atoms with Gasteiger partial charge >= 0.3 is 0 Å². The van der Waals surface area contributed by atoms with Gasteiger partial charge in [-0.1, -0.05) is 12.1 Å². The number of methoxy groups -OCH3 is 1. The van der Waals surface area contributed by atoms with Crippen molar-refractivity contribution < 1.29 is 9.47 Å². The molecule has 0 radical (unpaired) electrons. The number of halogens is 1. The number of rotatable bonds is 5. The molecular formula is C14H15BrN2O2S. The molecule has 0 amide bonds. The minimum Gasteiger partial charge on any atom is -0.497 e. The molecule has 2 heterocycles. The van der Waals surface area contributed by atoms with Gasteiger partial charge in [-0.15, -0.1) is 11.8 Å². The van der Waals surface area contributed by atoms with Crippen molar-refractivity contribution >= 4 is 27.7 Å². The lowest BCUT2D eigenvalue weighted by atomic mass is 10.2. The molecule has 0 aliphatic carbocycles. The number of fused-ring (bicyclic) bond motifs is 1. The van der Waals surface area contributed by atoms with Gasteiger partial charge in [0.2, 0.25) is 0 Å². The first-order valence-electron chi connectivity index (χ1n) is 6.30. The molecule has 106 valence electrons. The number of nitrogens with zero attached hydrogens (tertiary/aromatic N) is 2. The van der Waals surface area contributed by atoms with Crippen LogP contribution >= 0.6 is 27.7 Å². The molecule has 1 aliphatic rings. The Bertz CT molecular complexity index is 598. The van der Waals surface area contributed by atoms with Gasteiger partial charge in [-0.05, 0) is 33.6 Å². The van der Waals surface area contributed by atoms with Crippen molar-refractivity contribution in [2.45, 2.75) is 24.8 Å². The zero-order valence-corrected chi connectivity index (χ0v) is 13.5. The van der Waals surface area contributed by atoms with E-state index in [4.69, 9.17) is 9.47 Å². The normalized spacial score (nSPS) is 13.5. The Labute approximate surface area is 130 Å². The summed E-state index contributed by atoms with van der Waals surface area (Å²) in [5.74, 6) is 2.82. The lowest BCUT2D eigenvalue weighted by molar-refractivity contribution is 0.104. The smallest absolute Gasteiger partial charge is 0.118 e. The van der Waals surface area contributed by atoms with Gasteiger partial charge in [-0.25, -0.2) is 0 Å². The van der Waals surface area contributed by atoms with Gasteiger partial charge in [-0.2, -0.15) is 5.10 Å². The summed E-state index contributed by atoms with van der Waals surface area (Å²) in [6.45, 7) is 1.10. The van der Waals surface area contributed by atoms with Crippen molar-refractivity contribution in [1.82, 2.24) is 9.78 Å². The lowest BCUT2D eigenvalue weighted by Crippen LogP contribution is -1.98. The van der Waals surface area contributed by atoms with E-state index in [0.717, 1.165) is 33.1 Å². The second kappa shape index (κ2) is 6.20. The molecule has 0 unspecified atom stereocenters. The van der Waals surface area contributed by atoms with Crippen LogP contribution in [0.5, 0.6) is 5.75 Å². The standard InChI is InChI=1S/C14H15BrN2O2S/c1-18-11-4-2-10(3-5-11)6-19-7-12-14(15)13-8-20-9-17(13)16-12/h2-5H,6-9H2,1H3. The summed E-state index contributed by atoms with van der Waals surface area (Å²) in [5.41, 5.74) is 3.37. The van der Waals surface area contributed by atoms with E-state index >= 15 is 0 Å². The van der Waals surface area contributed by atoms with Gasteiger partial charge in [0, 0.05) is 5.75 Å². The summed E-state index contributed by atoms with van der Waals surface area (Å²) in [6, 6.07) is 7.91. The van der Waals surface area contributed by atoms with Gasteiger partial charge in [0.15, 0.2) is 0 Å². The molecule has 1 aromatic carbocycles. The van der Waals surface area contributed by atoms with Crippen molar-refractivity contribution in [1.29, 1.82) is 0 Å². The van der Waals surface area contributed by atoms with E-state index in [1.165, 1.54) is 5.69 Å². The maximum absolute atomic E-state index is 5.74. The van der Waals surface area contributed by atoms with Crippen LogP contribution in [0.15, 0.2) is 28.7 Å². The third-order valence-electron chi connectivity index (χ3n) is 3.18. The highest BCUT2D eigenvalue weighted by Gasteiger charge is 2.20. The predicted octanol–water partition coefficient (Wildman–Crippen LogP) is 3.58. The van der Waals surface area contributed by atoms with E-state index in [2.05, 4.69) is 21.0 Å². The van der Waals surface area contributed by atoms with Crippen LogP contribution in [0.2, 0.25) is 0 Å². The largest absolute Gasteiger partial charge is 0.497 e.